The molecule has 4 nitrogen and oxygen atoms in total. The van der Waals surface area contributed by atoms with Crippen LogP contribution in [0.25, 0.3) is 0 Å². The van der Waals surface area contributed by atoms with Crippen molar-refractivity contribution in [1.29, 1.82) is 0 Å². The Morgan fingerprint density at radius 1 is 1.33 bits per heavy atom. The number of nitrogens with one attached hydrogen (secondary N) is 2. The SMILES string of the molecule is CC(C)(C)c1cc(NC(=O)C2CCCCC2)n[nH]1. The lowest BCUT2D eigenvalue weighted by Crippen LogP contribution is -2.24. The third-order valence-electron chi connectivity index (χ3n) is 3.61. The number of nitrogens with zero attached hydrogens (tertiary/aromatic N) is 1. The van der Waals surface area contributed by atoms with Gasteiger partial charge in [0.25, 0.3) is 0 Å². The molecule has 0 saturated heterocycles. The number of anilines is 1. The fourth-order valence-corrected chi connectivity index (χ4v) is 2.36. The second-order valence-corrected chi connectivity index (χ2v) is 6.24. The van der Waals surface area contributed by atoms with Crippen LogP contribution in [0.5, 0.6) is 0 Å². The smallest absolute Gasteiger partial charge is 0.228 e. The molecule has 2 N–H and O–H groups in total. The number of rotatable bonds is 2. The molecule has 0 aliphatic heterocycles. The number of amides is 1. The molecule has 1 fully saturated rings. The molecule has 0 atom stereocenters. The van der Waals surface area contributed by atoms with Crippen LogP contribution in [0, 0.1) is 5.92 Å². The van der Waals surface area contributed by atoms with Crippen LogP contribution in [0.3, 0.4) is 0 Å². The van der Waals surface area contributed by atoms with Crippen LogP contribution in [0.15, 0.2) is 6.07 Å². The number of hydrogen-bond acceptors (Lipinski definition) is 2. The van der Waals surface area contributed by atoms with Crippen LogP contribution in [0.1, 0.15) is 58.6 Å². The molecule has 1 amide bonds. The Morgan fingerprint density at radius 3 is 2.56 bits per heavy atom. The average molecular weight is 249 g/mol. The van der Waals surface area contributed by atoms with Gasteiger partial charge in [-0.15, -0.1) is 0 Å². The first-order valence-corrected chi connectivity index (χ1v) is 6.83. The first-order valence-electron chi connectivity index (χ1n) is 6.83. The third kappa shape index (κ3) is 3.12. The van der Waals surface area contributed by atoms with E-state index in [0.717, 1.165) is 18.5 Å². The zero-order chi connectivity index (χ0) is 13.2. The summed E-state index contributed by atoms with van der Waals surface area (Å²) in [6, 6.07) is 1.93. The Labute approximate surface area is 109 Å². The first-order chi connectivity index (χ1) is 8.47. The van der Waals surface area contributed by atoms with Gasteiger partial charge in [-0.25, -0.2) is 0 Å². The summed E-state index contributed by atoms with van der Waals surface area (Å²) < 4.78 is 0. The zero-order valence-electron chi connectivity index (χ0n) is 11.5. The van der Waals surface area contributed by atoms with Crippen molar-refractivity contribution in [3.63, 3.8) is 0 Å². The van der Waals surface area contributed by atoms with Crippen LogP contribution in [0.4, 0.5) is 5.82 Å². The Kier molecular flexibility index (Phi) is 3.73. The summed E-state index contributed by atoms with van der Waals surface area (Å²) in [5, 5.41) is 10.1. The monoisotopic (exact) mass is 249 g/mol. The van der Waals surface area contributed by atoms with E-state index in [0.29, 0.717) is 5.82 Å². The number of carbonyl (C=O) groups is 1. The Hall–Kier alpha value is -1.32. The summed E-state index contributed by atoms with van der Waals surface area (Å²) in [5.74, 6) is 0.950. The normalized spacial score (nSPS) is 17.7. The lowest BCUT2D eigenvalue weighted by atomic mass is 9.88. The number of aromatic nitrogens is 2. The maximum Gasteiger partial charge on any atom is 0.228 e. The third-order valence-corrected chi connectivity index (χ3v) is 3.61. The van der Waals surface area contributed by atoms with Crippen LogP contribution in [-0.4, -0.2) is 16.1 Å². The number of aromatic amines is 1. The van der Waals surface area contributed by atoms with E-state index in [4.69, 9.17) is 0 Å². The summed E-state index contributed by atoms with van der Waals surface area (Å²) in [6.45, 7) is 6.35. The van der Waals surface area contributed by atoms with Gasteiger partial charge in [0.05, 0.1) is 0 Å². The van der Waals surface area contributed by atoms with Crippen molar-refractivity contribution in [2.24, 2.45) is 5.92 Å². The quantitative estimate of drug-likeness (QED) is 0.845. The lowest BCUT2D eigenvalue weighted by Gasteiger charge is -2.20. The van der Waals surface area contributed by atoms with E-state index < -0.39 is 0 Å². The molecule has 0 bridgehead atoms. The topological polar surface area (TPSA) is 57.8 Å². The lowest BCUT2D eigenvalue weighted by molar-refractivity contribution is -0.120. The van der Waals surface area contributed by atoms with Crippen molar-refractivity contribution in [1.82, 2.24) is 10.2 Å². The fourth-order valence-electron chi connectivity index (χ4n) is 2.36. The molecule has 1 aliphatic rings. The highest BCUT2D eigenvalue weighted by Gasteiger charge is 2.22. The van der Waals surface area contributed by atoms with Crippen LogP contribution in [-0.2, 0) is 10.2 Å². The van der Waals surface area contributed by atoms with Gasteiger partial charge in [0, 0.05) is 23.1 Å². The highest BCUT2D eigenvalue weighted by Crippen LogP contribution is 2.26. The summed E-state index contributed by atoms with van der Waals surface area (Å²) >= 11 is 0. The minimum atomic E-state index is 0.0286. The van der Waals surface area contributed by atoms with Crippen molar-refractivity contribution in [3.8, 4) is 0 Å². The molecule has 4 heteroatoms. The van der Waals surface area contributed by atoms with E-state index in [1.807, 2.05) is 6.07 Å². The molecule has 1 saturated carbocycles. The molecule has 0 radical (unpaired) electrons. The molecule has 2 rings (SSSR count). The molecule has 1 heterocycles. The molecule has 0 unspecified atom stereocenters. The predicted molar refractivity (Wildman–Crippen MR) is 72.5 cm³/mol. The molecular formula is C14H23N3O. The Morgan fingerprint density at radius 2 is 2.00 bits per heavy atom. The van der Waals surface area contributed by atoms with Crippen molar-refractivity contribution < 1.29 is 4.79 Å². The van der Waals surface area contributed by atoms with Gasteiger partial charge in [-0.3, -0.25) is 9.89 Å². The van der Waals surface area contributed by atoms with Crippen LogP contribution >= 0.6 is 0 Å². The minimum absolute atomic E-state index is 0.0286. The van der Waals surface area contributed by atoms with Crippen molar-refractivity contribution in [2.75, 3.05) is 5.32 Å². The zero-order valence-corrected chi connectivity index (χ0v) is 11.5. The summed E-state index contributed by atoms with van der Waals surface area (Å²) in [7, 11) is 0. The highest BCUT2D eigenvalue weighted by atomic mass is 16.1. The predicted octanol–water partition coefficient (Wildman–Crippen LogP) is 3.23. The van der Waals surface area contributed by atoms with Gasteiger partial charge >= 0.3 is 0 Å². The van der Waals surface area contributed by atoms with E-state index in [1.54, 1.807) is 0 Å². The van der Waals surface area contributed by atoms with Gasteiger partial charge in [0.1, 0.15) is 0 Å². The van der Waals surface area contributed by atoms with Crippen LogP contribution in [0.2, 0.25) is 0 Å². The second-order valence-electron chi connectivity index (χ2n) is 6.24. The summed E-state index contributed by atoms with van der Waals surface area (Å²) in [5.41, 5.74) is 1.07. The van der Waals surface area contributed by atoms with Gasteiger partial charge in [0.2, 0.25) is 5.91 Å². The van der Waals surface area contributed by atoms with E-state index in [2.05, 4.69) is 36.3 Å². The van der Waals surface area contributed by atoms with Gasteiger partial charge in [-0.1, -0.05) is 40.0 Å². The molecule has 0 aromatic carbocycles. The standard InChI is InChI=1S/C14H23N3O/c1-14(2,3)11-9-12(17-16-11)15-13(18)10-7-5-4-6-8-10/h9-10H,4-8H2,1-3H3,(H2,15,16,17,18). The minimum Gasteiger partial charge on any atom is -0.309 e. The molecule has 1 aliphatic carbocycles. The van der Waals surface area contributed by atoms with E-state index in [9.17, 15) is 4.79 Å². The maximum absolute atomic E-state index is 12.1. The van der Waals surface area contributed by atoms with Crippen molar-refractivity contribution in [2.45, 2.75) is 58.3 Å². The first kappa shape index (κ1) is 13.1. The van der Waals surface area contributed by atoms with Crippen LogP contribution < -0.4 is 5.32 Å². The van der Waals surface area contributed by atoms with Gasteiger partial charge < -0.3 is 5.32 Å². The Balaban J connectivity index is 1.96. The van der Waals surface area contributed by atoms with E-state index in [-0.39, 0.29) is 17.2 Å². The van der Waals surface area contributed by atoms with Gasteiger partial charge in [-0.05, 0) is 12.8 Å². The second kappa shape index (κ2) is 5.12. The summed E-state index contributed by atoms with van der Waals surface area (Å²) in [4.78, 5) is 12.1. The van der Waals surface area contributed by atoms with E-state index >= 15 is 0 Å². The molecule has 1 aromatic rings. The molecule has 1 aromatic heterocycles. The van der Waals surface area contributed by atoms with Crippen molar-refractivity contribution in [3.05, 3.63) is 11.8 Å². The molecule has 100 valence electrons. The Bertz CT molecular complexity index is 411. The number of H-pyrrole nitrogens is 1. The van der Waals surface area contributed by atoms with E-state index in [1.165, 1.54) is 19.3 Å². The highest BCUT2D eigenvalue weighted by molar-refractivity contribution is 5.91. The van der Waals surface area contributed by atoms with Gasteiger partial charge in [0.15, 0.2) is 5.82 Å². The molecular weight excluding hydrogens is 226 g/mol. The number of hydrogen-bond donors (Lipinski definition) is 2. The number of carbonyl (C=O) groups excluding carboxylic acids is 1. The average Bonchev–Trinajstić information content (AvgIpc) is 2.78. The van der Waals surface area contributed by atoms with Crippen molar-refractivity contribution >= 4 is 11.7 Å². The fraction of sp³-hybridized carbons (Fsp3) is 0.714. The summed E-state index contributed by atoms with van der Waals surface area (Å²) in [6.07, 6.45) is 5.64. The molecule has 18 heavy (non-hydrogen) atoms. The largest absolute Gasteiger partial charge is 0.309 e. The maximum atomic E-state index is 12.1. The molecule has 0 spiro atoms. The van der Waals surface area contributed by atoms with Gasteiger partial charge in [-0.2, -0.15) is 5.10 Å².